The van der Waals surface area contributed by atoms with Crippen molar-refractivity contribution in [1.29, 1.82) is 5.26 Å². The molecule has 1 aliphatic carbocycles. The van der Waals surface area contributed by atoms with E-state index in [0.717, 1.165) is 83.5 Å². The number of nitrogens with one attached hydrogen (secondary N) is 1. The van der Waals surface area contributed by atoms with Gasteiger partial charge in [-0.15, -0.1) is 10.2 Å². The van der Waals surface area contributed by atoms with Crippen molar-refractivity contribution in [3.8, 4) is 11.8 Å². The minimum absolute atomic E-state index is 0.0377. The third kappa shape index (κ3) is 7.29. The SMILES string of the molecule is CC(C)(C)[C@H]1N(C(=O)O)C[C@]12CCN(CC1CCN(c3ccc(C(=O)NC4CCC(Oc5ccc(C#N)c(Cl)c5)CC4)nn3)CC1)C2. The number of rotatable bonds is 7. The van der Waals surface area contributed by atoms with Gasteiger partial charge in [0.05, 0.1) is 16.7 Å². The van der Waals surface area contributed by atoms with Gasteiger partial charge in [-0.2, -0.15) is 5.26 Å². The summed E-state index contributed by atoms with van der Waals surface area (Å²) in [5.74, 6) is 1.85. The maximum absolute atomic E-state index is 12.9. The first-order valence-electron chi connectivity index (χ1n) is 16.9. The Morgan fingerprint density at radius 2 is 1.81 bits per heavy atom. The third-order valence-corrected chi connectivity index (χ3v) is 10.9. The van der Waals surface area contributed by atoms with Gasteiger partial charge in [-0.3, -0.25) is 4.79 Å². The average molecular weight is 664 g/mol. The molecule has 11 nitrogen and oxygen atoms in total. The predicted octanol–water partition coefficient (Wildman–Crippen LogP) is 5.44. The Balaban J connectivity index is 0.922. The van der Waals surface area contributed by atoms with Crippen molar-refractivity contribution in [2.45, 2.75) is 83.9 Å². The Kier molecular flexibility index (Phi) is 9.54. The second-order valence-corrected chi connectivity index (χ2v) is 15.5. The maximum atomic E-state index is 12.9. The molecule has 1 saturated carbocycles. The molecule has 0 unspecified atom stereocenters. The summed E-state index contributed by atoms with van der Waals surface area (Å²) in [6, 6.07) is 11.0. The molecule has 0 bridgehead atoms. The number of likely N-dealkylation sites (tertiary alicyclic amines) is 2. The van der Waals surface area contributed by atoms with Crippen molar-refractivity contribution >= 4 is 29.4 Å². The number of amides is 2. The van der Waals surface area contributed by atoms with Crippen LogP contribution >= 0.6 is 11.6 Å². The van der Waals surface area contributed by atoms with Crippen LogP contribution in [0.2, 0.25) is 5.02 Å². The molecule has 3 aliphatic heterocycles. The predicted molar refractivity (Wildman–Crippen MR) is 179 cm³/mol. The van der Waals surface area contributed by atoms with Crippen LogP contribution in [0.5, 0.6) is 5.75 Å². The van der Waals surface area contributed by atoms with Crippen LogP contribution in [-0.4, -0.2) is 94.6 Å². The molecule has 1 aromatic heterocycles. The normalized spacial score (nSPS) is 26.9. The highest BCUT2D eigenvalue weighted by molar-refractivity contribution is 6.31. The average Bonchev–Trinajstić information content (AvgIpc) is 3.46. The lowest BCUT2D eigenvalue weighted by molar-refractivity contribution is -0.101. The summed E-state index contributed by atoms with van der Waals surface area (Å²) in [4.78, 5) is 31.2. The van der Waals surface area contributed by atoms with E-state index in [-0.39, 0.29) is 34.9 Å². The van der Waals surface area contributed by atoms with Crippen molar-refractivity contribution in [3.63, 3.8) is 0 Å². The first-order valence-corrected chi connectivity index (χ1v) is 17.3. The number of hydrogen-bond acceptors (Lipinski definition) is 8. The Morgan fingerprint density at radius 3 is 2.43 bits per heavy atom. The van der Waals surface area contributed by atoms with E-state index in [1.54, 1.807) is 29.2 Å². The molecule has 1 spiro atoms. The van der Waals surface area contributed by atoms with Gasteiger partial charge in [0.2, 0.25) is 0 Å². The van der Waals surface area contributed by atoms with Crippen molar-refractivity contribution in [3.05, 3.63) is 46.6 Å². The molecule has 1 aromatic carbocycles. The van der Waals surface area contributed by atoms with E-state index in [9.17, 15) is 14.7 Å². The number of nitriles is 1. The summed E-state index contributed by atoms with van der Waals surface area (Å²) in [6.07, 6.45) is 5.67. The number of aromatic nitrogens is 2. The van der Waals surface area contributed by atoms with Crippen LogP contribution in [0.4, 0.5) is 10.6 Å². The van der Waals surface area contributed by atoms with E-state index in [0.29, 0.717) is 34.5 Å². The van der Waals surface area contributed by atoms with Crippen LogP contribution in [0.3, 0.4) is 0 Å². The van der Waals surface area contributed by atoms with Gasteiger partial charge in [0.1, 0.15) is 11.8 Å². The molecule has 6 rings (SSSR count). The zero-order valence-corrected chi connectivity index (χ0v) is 28.4. The largest absolute Gasteiger partial charge is 0.490 e. The molecule has 4 fully saturated rings. The molecule has 4 aliphatic rings. The molecule has 3 saturated heterocycles. The van der Waals surface area contributed by atoms with Crippen LogP contribution in [0.15, 0.2) is 30.3 Å². The summed E-state index contributed by atoms with van der Waals surface area (Å²) >= 11 is 6.13. The van der Waals surface area contributed by atoms with Crippen LogP contribution in [0.25, 0.3) is 0 Å². The molecule has 2 atom stereocenters. The van der Waals surface area contributed by atoms with Crippen molar-refractivity contribution in [2.75, 3.05) is 44.2 Å². The molecule has 2 amide bonds. The zero-order valence-electron chi connectivity index (χ0n) is 27.6. The highest BCUT2D eigenvalue weighted by atomic mass is 35.5. The number of halogens is 1. The number of carbonyl (C=O) groups is 2. The highest BCUT2D eigenvalue weighted by Gasteiger charge is 2.61. The lowest BCUT2D eigenvalue weighted by Gasteiger charge is -2.60. The summed E-state index contributed by atoms with van der Waals surface area (Å²) in [7, 11) is 0. The van der Waals surface area contributed by atoms with Gasteiger partial charge in [-0.25, -0.2) is 4.79 Å². The topological polar surface area (TPSA) is 135 Å². The van der Waals surface area contributed by atoms with E-state index < -0.39 is 6.09 Å². The van der Waals surface area contributed by atoms with Gasteiger partial charge in [0, 0.05) is 56.3 Å². The number of nitrogens with zero attached hydrogens (tertiary/aromatic N) is 6. The number of piperidine rings is 1. The summed E-state index contributed by atoms with van der Waals surface area (Å²) in [6.45, 7) is 12.0. The monoisotopic (exact) mass is 663 g/mol. The fourth-order valence-electron chi connectivity index (χ4n) is 8.55. The molecular weight excluding hydrogens is 618 g/mol. The van der Waals surface area contributed by atoms with E-state index >= 15 is 0 Å². The molecule has 252 valence electrons. The molecule has 0 radical (unpaired) electrons. The second-order valence-electron chi connectivity index (χ2n) is 15.1. The number of carbonyl (C=O) groups excluding carboxylic acids is 1. The molecule has 4 heterocycles. The van der Waals surface area contributed by atoms with Crippen LogP contribution in [0, 0.1) is 28.1 Å². The smallest absolute Gasteiger partial charge is 0.407 e. The minimum Gasteiger partial charge on any atom is -0.490 e. The zero-order chi connectivity index (χ0) is 33.3. The second kappa shape index (κ2) is 13.5. The standard InChI is InChI=1S/C35H46ClN7O4/c1-34(2,3)32-35(22-43(32)33(45)46)14-17-41(21-35)20-23-12-15-42(16-13-23)30-11-10-29(39-40-30)31(44)38-25-5-8-26(9-6-25)47-27-7-4-24(19-37)28(36)18-27/h4,7,10-11,18,23,25-26,32H,5-6,8-9,12-17,20-22H2,1-3H3,(H,38,44)(H,45,46)/t25?,26?,32-,35-/m1/s1. The summed E-state index contributed by atoms with van der Waals surface area (Å²) < 4.78 is 6.07. The fraction of sp³-hybridized carbons (Fsp3) is 0.629. The molecule has 47 heavy (non-hydrogen) atoms. The maximum Gasteiger partial charge on any atom is 0.407 e. The Bertz CT molecular complexity index is 1490. The summed E-state index contributed by atoms with van der Waals surface area (Å²) in [5.41, 5.74) is 0.754. The van der Waals surface area contributed by atoms with E-state index in [1.165, 1.54) is 0 Å². The first kappa shape index (κ1) is 33.3. The Morgan fingerprint density at radius 1 is 1.06 bits per heavy atom. The number of ether oxygens (including phenoxy) is 1. The number of anilines is 1. The molecule has 2 N–H and O–H groups in total. The number of hydrogen-bond donors (Lipinski definition) is 2. The fourth-order valence-corrected chi connectivity index (χ4v) is 8.77. The van der Waals surface area contributed by atoms with Crippen LogP contribution in [-0.2, 0) is 0 Å². The summed E-state index contributed by atoms with van der Waals surface area (Å²) in [5, 5.41) is 30.9. The number of benzene rings is 1. The number of carboxylic acid groups (broad SMARTS) is 1. The molecular formula is C35H46ClN7O4. The first-order chi connectivity index (χ1) is 22.4. The minimum atomic E-state index is -0.796. The van der Waals surface area contributed by atoms with Crippen molar-refractivity contribution in [1.82, 2.24) is 25.3 Å². The lowest BCUT2D eigenvalue weighted by atomic mass is 9.61. The molecule has 12 heteroatoms. The van der Waals surface area contributed by atoms with Gasteiger partial charge in [-0.1, -0.05) is 32.4 Å². The van der Waals surface area contributed by atoms with E-state index in [4.69, 9.17) is 21.6 Å². The van der Waals surface area contributed by atoms with Crippen molar-refractivity contribution in [2.24, 2.45) is 16.7 Å². The van der Waals surface area contributed by atoms with Crippen molar-refractivity contribution < 1.29 is 19.4 Å². The van der Waals surface area contributed by atoms with Gasteiger partial charge >= 0.3 is 6.09 Å². The van der Waals surface area contributed by atoms with Gasteiger partial charge in [-0.05, 0) is 87.1 Å². The lowest BCUT2D eigenvalue weighted by Crippen LogP contribution is -2.71. The third-order valence-electron chi connectivity index (χ3n) is 10.6. The van der Waals surface area contributed by atoms with Gasteiger partial charge < -0.3 is 29.9 Å². The van der Waals surface area contributed by atoms with Crippen LogP contribution in [0.1, 0.15) is 81.8 Å². The quantitative estimate of drug-likeness (QED) is 0.397. The van der Waals surface area contributed by atoms with Gasteiger partial charge in [0.25, 0.3) is 5.91 Å². The van der Waals surface area contributed by atoms with Crippen LogP contribution < -0.4 is 15.0 Å². The highest BCUT2D eigenvalue weighted by Crippen LogP contribution is 2.52. The van der Waals surface area contributed by atoms with Gasteiger partial charge in [0.15, 0.2) is 11.5 Å². The Hall–Kier alpha value is -3.62. The van der Waals surface area contributed by atoms with E-state index in [1.807, 2.05) is 6.07 Å². The Labute approximate surface area is 282 Å². The molecule has 2 aromatic rings. The van der Waals surface area contributed by atoms with E-state index in [2.05, 4.69) is 52.2 Å².